The number of carbonyl (C=O) groups excluding carboxylic acids is 2. The number of rotatable bonds is 12. The number of nitrogens with zero attached hydrogens (tertiary/aromatic N) is 4. The van der Waals surface area contributed by atoms with Crippen molar-refractivity contribution in [3.05, 3.63) is 101 Å². The van der Waals surface area contributed by atoms with Crippen molar-refractivity contribution in [3.63, 3.8) is 0 Å². The quantitative estimate of drug-likeness (QED) is 0.157. The fraction of sp³-hybridized carbons (Fsp3) is 0.273. The highest BCUT2D eigenvalue weighted by Crippen LogP contribution is 2.34. The lowest BCUT2D eigenvalue weighted by Crippen LogP contribution is -2.42. The Morgan fingerprint density at radius 2 is 1.57 bits per heavy atom. The molecule has 4 rings (SSSR count). The molecule has 1 unspecified atom stereocenters. The van der Waals surface area contributed by atoms with Crippen LogP contribution in [0.5, 0.6) is 11.5 Å². The van der Waals surface area contributed by atoms with Gasteiger partial charge in [0.15, 0.2) is 16.7 Å². The van der Waals surface area contributed by atoms with Crippen molar-refractivity contribution in [3.8, 4) is 11.5 Å². The molecule has 1 aromatic heterocycles. The molecule has 1 N–H and O–H groups in total. The van der Waals surface area contributed by atoms with E-state index >= 15 is 0 Å². The molecule has 1 heterocycles. The third kappa shape index (κ3) is 8.04. The van der Waals surface area contributed by atoms with Gasteiger partial charge in [0.25, 0.3) is 5.91 Å². The standard InChI is InChI=1S/C33H36FN5O4S/c1-21-17-22(2)36-33(35-21)44-20-30(40)39(19-24-9-7-8-10-27(24)34)31(23-11-16-28(42-5)29(18-23)43-6)32(41)37-25-12-14-26(15-13-25)38(3)4/h7-18,31H,19-20H2,1-6H3,(H,37,41). The van der Waals surface area contributed by atoms with E-state index in [4.69, 9.17) is 9.47 Å². The van der Waals surface area contributed by atoms with Gasteiger partial charge in [-0.2, -0.15) is 0 Å². The van der Waals surface area contributed by atoms with Gasteiger partial charge in [-0.05, 0) is 67.9 Å². The van der Waals surface area contributed by atoms with Crippen LogP contribution < -0.4 is 19.7 Å². The van der Waals surface area contributed by atoms with Crippen LogP contribution in [-0.2, 0) is 16.1 Å². The van der Waals surface area contributed by atoms with E-state index in [1.165, 1.54) is 25.2 Å². The van der Waals surface area contributed by atoms with Crippen molar-refractivity contribution >= 4 is 35.0 Å². The molecule has 2 amide bonds. The van der Waals surface area contributed by atoms with E-state index in [0.717, 1.165) is 28.8 Å². The Bertz CT molecular complexity index is 1600. The summed E-state index contributed by atoms with van der Waals surface area (Å²) in [5.74, 6) is -0.600. The zero-order chi connectivity index (χ0) is 31.8. The number of carbonyl (C=O) groups is 2. The minimum absolute atomic E-state index is 0.0774. The Labute approximate surface area is 261 Å². The number of amides is 2. The number of hydrogen-bond donors (Lipinski definition) is 1. The van der Waals surface area contributed by atoms with Crippen LogP contribution in [0.1, 0.15) is 28.6 Å². The second kappa shape index (κ2) is 14.7. The minimum Gasteiger partial charge on any atom is -0.493 e. The number of benzene rings is 3. The molecule has 0 radical (unpaired) electrons. The number of methoxy groups -OCH3 is 2. The lowest BCUT2D eigenvalue weighted by Gasteiger charge is -2.32. The number of halogens is 1. The maximum atomic E-state index is 15.0. The third-order valence-electron chi connectivity index (χ3n) is 6.84. The summed E-state index contributed by atoms with van der Waals surface area (Å²) in [5.41, 5.74) is 3.78. The van der Waals surface area contributed by atoms with Crippen molar-refractivity contribution in [2.75, 3.05) is 44.3 Å². The molecule has 11 heteroatoms. The molecule has 230 valence electrons. The first-order chi connectivity index (χ1) is 21.1. The molecule has 0 aliphatic carbocycles. The molecule has 1 atom stereocenters. The summed E-state index contributed by atoms with van der Waals surface area (Å²) in [6.07, 6.45) is 0. The average molecular weight is 618 g/mol. The Morgan fingerprint density at radius 3 is 2.18 bits per heavy atom. The zero-order valence-corrected chi connectivity index (χ0v) is 26.4. The van der Waals surface area contributed by atoms with Crippen LogP contribution in [0.25, 0.3) is 0 Å². The first-order valence-corrected chi connectivity index (χ1v) is 14.9. The van der Waals surface area contributed by atoms with E-state index < -0.39 is 23.7 Å². The van der Waals surface area contributed by atoms with Crippen molar-refractivity contribution in [2.45, 2.75) is 31.6 Å². The number of thioether (sulfide) groups is 1. The molecule has 0 aliphatic heterocycles. The van der Waals surface area contributed by atoms with Crippen LogP contribution in [0.3, 0.4) is 0 Å². The summed E-state index contributed by atoms with van der Waals surface area (Å²) < 4.78 is 25.9. The molecule has 0 spiro atoms. The molecule has 0 fully saturated rings. The van der Waals surface area contributed by atoms with E-state index in [9.17, 15) is 14.0 Å². The molecule has 0 saturated carbocycles. The summed E-state index contributed by atoms with van der Waals surface area (Å²) >= 11 is 1.16. The first kappa shape index (κ1) is 32.3. The van der Waals surface area contributed by atoms with E-state index in [-0.39, 0.29) is 17.9 Å². The molecule has 9 nitrogen and oxygen atoms in total. The maximum Gasteiger partial charge on any atom is 0.251 e. The smallest absolute Gasteiger partial charge is 0.251 e. The SMILES string of the molecule is COc1ccc(C(C(=O)Nc2ccc(N(C)C)cc2)N(Cc2ccccc2F)C(=O)CSc2nc(C)cc(C)n2)cc1OC. The fourth-order valence-electron chi connectivity index (χ4n) is 4.65. The summed E-state index contributed by atoms with van der Waals surface area (Å²) in [6, 6.07) is 19.2. The number of nitrogens with one attached hydrogen (secondary N) is 1. The van der Waals surface area contributed by atoms with Gasteiger partial charge < -0.3 is 24.6 Å². The Balaban J connectivity index is 1.77. The monoisotopic (exact) mass is 617 g/mol. The molecule has 0 bridgehead atoms. The van der Waals surface area contributed by atoms with Gasteiger partial charge in [-0.3, -0.25) is 9.59 Å². The lowest BCUT2D eigenvalue weighted by molar-refractivity contribution is -0.137. The molecule has 0 aliphatic rings. The van der Waals surface area contributed by atoms with Crippen LogP contribution in [0.15, 0.2) is 78.0 Å². The van der Waals surface area contributed by atoms with Crippen LogP contribution in [0.2, 0.25) is 0 Å². The average Bonchev–Trinajstić information content (AvgIpc) is 3.00. The predicted octanol–water partition coefficient (Wildman–Crippen LogP) is 5.82. The normalized spacial score (nSPS) is 11.4. The third-order valence-corrected chi connectivity index (χ3v) is 7.67. The van der Waals surface area contributed by atoms with Crippen LogP contribution in [0.4, 0.5) is 15.8 Å². The van der Waals surface area contributed by atoms with Gasteiger partial charge in [0.05, 0.1) is 20.0 Å². The highest BCUT2D eigenvalue weighted by Gasteiger charge is 2.33. The van der Waals surface area contributed by atoms with E-state index in [1.54, 1.807) is 48.5 Å². The van der Waals surface area contributed by atoms with Crippen LogP contribution in [0, 0.1) is 19.7 Å². The second-order valence-electron chi connectivity index (χ2n) is 10.3. The number of aromatic nitrogens is 2. The van der Waals surface area contributed by atoms with E-state index in [0.29, 0.717) is 27.9 Å². The molecule has 3 aromatic carbocycles. The number of anilines is 2. The number of hydrogen-bond acceptors (Lipinski definition) is 8. The molecular formula is C33H36FN5O4S. The van der Waals surface area contributed by atoms with Crippen LogP contribution in [-0.4, -0.2) is 60.8 Å². The topological polar surface area (TPSA) is 96.9 Å². The molecule has 0 saturated heterocycles. The van der Waals surface area contributed by atoms with Gasteiger partial charge in [0, 0.05) is 49.0 Å². The Hall–Kier alpha value is -4.64. The molecular weight excluding hydrogens is 581 g/mol. The highest BCUT2D eigenvalue weighted by atomic mass is 32.2. The minimum atomic E-state index is -1.16. The fourth-order valence-corrected chi connectivity index (χ4v) is 5.49. The van der Waals surface area contributed by atoms with E-state index in [1.807, 2.05) is 51.0 Å². The Morgan fingerprint density at radius 1 is 0.909 bits per heavy atom. The summed E-state index contributed by atoms with van der Waals surface area (Å²) in [7, 11) is 6.85. The molecule has 44 heavy (non-hydrogen) atoms. The highest BCUT2D eigenvalue weighted by molar-refractivity contribution is 7.99. The van der Waals surface area contributed by atoms with Gasteiger partial charge in [-0.25, -0.2) is 14.4 Å². The summed E-state index contributed by atoms with van der Waals surface area (Å²) in [4.78, 5) is 40.4. The predicted molar refractivity (Wildman–Crippen MR) is 171 cm³/mol. The molecule has 4 aromatic rings. The van der Waals surface area contributed by atoms with E-state index in [2.05, 4.69) is 15.3 Å². The van der Waals surface area contributed by atoms with Gasteiger partial charge in [-0.1, -0.05) is 36.0 Å². The summed E-state index contributed by atoms with van der Waals surface area (Å²) in [6.45, 7) is 3.55. The van der Waals surface area contributed by atoms with Gasteiger partial charge in [-0.15, -0.1) is 0 Å². The first-order valence-electron chi connectivity index (χ1n) is 13.9. The van der Waals surface area contributed by atoms with Crippen molar-refractivity contribution in [1.82, 2.24) is 14.9 Å². The number of aryl methyl sites for hydroxylation is 2. The summed E-state index contributed by atoms with van der Waals surface area (Å²) in [5, 5.41) is 3.39. The van der Waals surface area contributed by atoms with Crippen LogP contribution >= 0.6 is 11.8 Å². The number of ether oxygens (including phenoxy) is 2. The van der Waals surface area contributed by atoms with Gasteiger partial charge in [0.2, 0.25) is 5.91 Å². The Kier molecular flexibility index (Phi) is 10.8. The zero-order valence-electron chi connectivity index (χ0n) is 25.6. The largest absolute Gasteiger partial charge is 0.493 e. The lowest BCUT2D eigenvalue weighted by atomic mass is 10.0. The van der Waals surface area contributed by atoms with Gasteiger partial charge >= 0.3 is 0 Å². The van der Waals surface area contributed by atoms with Crippen molar-refractivity contribution in [2.24, 2.45) is 0 Å². The maximum absolute atomic E-state index is 15.0. The second-order valence-corrected chi connectivity index (χ2v) is 11.2. The van der Waals surface area contributed by atoms with Crippen molar-refractivity contribution in [1.29, 1.82) is 0 Å². The van der Waals surface area contributed by atoms with Gasteiger partial charge in [0.1, 0.15) is 11.9 Å². The van der Waals surface area contributed by atoms with Crippen molar-refractivity contribution < 1.29 is 23.5 Å².